The molecule has 1 N–H and O–H groups in total. The van der Waals surface area contributed by atoms with Crippen LogP contribution in [-0.4, -0.2) is 14.2 Å². The van der Waals surface area contributed by atoms with Gasteiger partial charge in [0.1, 0.15) is 0 Å². The smallest absolute Gasteiger partial charge is 0.261 e. The molecule has 0 fully saturated rings. The molecule has 27 heavy (non-hydrogen) atoms. The lowest BCUT2D eigenvalue weighted by molar-refractivity contribution is 0.103. The van der Waals surface area contributed by atoms with E-state index in [1.165, 1.54) is 12.1 Å². The Hall–Kier alpha value is -2.92. The molecule has 3 rings (SSSR count). The van der Waals surface area contributed by atoms with Crippen molar-refractivity contribution < 1.29 is 13.2 Å². The molecular weight excluding hydrogens is 358 g/mol. The molecule has 0 aliphatic carbocycles. The summed E-state index contributed by atoms with van der Waals surface area (Å²) in [5, 5.41) is 0. The molecule has 0 bridgehead atoms. The number of aryl methyl sites for hydroxylation is 1. The molecule has 4 nitrogen and oxygen atoms in total. The van der Waals surface area contributed by atoms with Gasteiger partial charge in [0.25, 0.3) is 10.0 Å². The van der Waals surface area contributed by atoms with Gasteiger partial charge in [0.05, 0.1) is 10.6 Å². The summed E-state index contributed by atoms with van der Waals surface area (Å²) < 4.78 is 27.9. The monoisotopic (exact) mass is 379 g/mol. The number of hydrogen-bond donors (Lipinski definition) is 1. The molecule has 0 unspecified atom stereocenters. The van der Waals surface area contributed by atoms with Gasteiger partial charge in [-0.05, 0) is 48.7 Å². The Morgan fingerprint density at radius 3 is 2.19 bits per heavy atom. The number of carbonyl (C=O) groups is 1. The van der Waals surface area contributed by atoms with E-state index in [9.17, 15) is 13.2 Å². The minimum Gasteiger partial charge on any atom is -0.289 e. The molecule has 0 aliphatic heterocycles. The van der Waals surface area contributed by atoms with E-state index >= 15 is 0 Å². The van der Waals surface area contributed by atoms with Gasteiger partial charge in [0.2, 0.25) is 0 Å². The summed E-state index contributed by atoms with van der Waals surface area (Å²) in [4.78, 5) is 13.3. The maximum Gasteiger partial charge on any atom is 0.261 e. The summed E-state index contributed by atoms with van der Waals surface area (Å²) >= 11 is 0. The average Bonchev–Trinajstić information content (AvgIpc) is 2.68. The van der Waals surface area contributed by atoms with Crippen LogP contribution in [0.4, 0.5) is 5.69 Å². The van der Waals surface area contributed by atoms with Crippen molar-refractivity contribution in [1.82, 2.24) is 0 Å². The number of para-hydroxylation sites is 1. The lowest BCUT2D eigenvalue weighted by Crippen LogP contribution is -2.16. The van der Waals surface area contributed by atoms with E-state index < -0.39 is 10.0 Å². The SMILES string of the molecule is CCc1cccc(C(=O)c2ccccc2NS(=O)(=O)c2ccccc2)c1C. The van der Waals surface area contributed by atoms with Crippen molar-refractivity contribution in [2.75, 3.05) is 4.72 Å². The quantitative estimate of drug-likeness (QED) is 0.637. The fourth-order valence-electron chi connectivity index (χ4n) is 3.03. The number of rotatable bonds is 6. The number of ketones is 1. The third kappa shape index (κ3) is 3.93. The molecule has 0 aromatic heterocycles. The maximum absolute atomic E-state index is 13.1. The van der Waals surface area contributed by atoms with Crippen LogP contribution in [0.25, 0.3) is 0 Å². The van der Waals surface area contributed by atoms with Gasteiger partial charge in [-0.2, -0.15) is 0 Å². The summed E-state index contributed by atoms with van der Waals surface area (Å²) in [7, 11) is -3.78. The zero-order chi connectivity index (χ0) is 19.4. The minimum absolute atomic E-state index is 0.149. The van der Waals surface area contributed by atoms with Gasteiger partial charge in [-0.3, -0.25) is 9.52 Å². The summed E-state index contributed by atoms with van der Waals surface area (Å²) in [6, 6.07) is 20.4. The summed E-state index contributed by atoms with van der Waals surface area (Å²) in [6.07, 6.45) is 0.829. The Kier molecular flexibility index (Phi) is 5.42. The van der Waals surface area contributed by atoms with E-state index in [0.717, 1.165) is 17.5 Å². The number of nitrogens with one attached hydrogen (secondary N) is 1. The Bertz CT molecular complexity index is 1070. The first-order chi connectivity index (χ1) is 12.9. The van der Waals surface area contributed by atoms with Crippen molar-refractivity contribution >= 4 is 21.5 Å². The predicted molar refractivity (Wildman–Crippen MR) is 108 cm³/mol. The van der Waals surface area contributed by atoms with Crippen molar-refractivity contribution in [2.24, 2.45) is 0 Å². The van der Waals surface area contributed by atoms with E-state index in [1.807, 2.05) is 26.0 Å². The van der Waals surface area contributed by atoms with Crippen molar-refractivity contribution in [1.29, 1.82) is 0 Å². The zero-order valence-corrected chi connectivity index (χ0v) is 16.1. The van der Waals surface area contributed by atoms with Crippen LogP contribution in [0, 0.1) is 6.92 Å². The van der Waals surface area contributed by atoms with Crippen molar-refractivity contribution in [3.05, 3.63) is 95.1 Å². The largest absolute Gasteiger partial charge is 0.289 e. The Morgan fingerprint density at radius 1 is 0.852 bits per heavy atom. The lowest BCUT2D eigenvalue weighted by Gasteiger charge is -2.14. The molecule has 0 saturated heterocycles. The third-order valence-electron chi connectivity index (χ3n) is 4.54. The van der Waals surface area contributed by atoms with Gasteiger partial charge in [-0.1, -0.05) is 55.5 Å². The highest BCUT2D eigenvalue weighted by molar-refractivity contribution is 7.92. The molecule has 3 aromatic rings. The van der Waals surface area contributed by atoms with Crippen LogP contribution in [0.3, 0.4) is 0 Å². The average molecular weight is 379 g/mol. The first-order valence-electron chi connectivity index (χ1n) is 8.74. The summed E-state index contributed by atoms with van der Waals surface area (Å²) in [5.74, 6) is -0.200. The number of benzene rings is 3. The van der Waals surface area contributed by atoms with Crippen LogP contribution in [0.1, 0.15) is 34.0 Å². The third-order valence-corrected chi connectivity index (χ3v) is 5.92. The highest BCUT2D eigenvalue weighted by atomic mass is 32.2. The van der Waals surface area contributed by atoms with Gasteiger partial charge >= 0.3 is 0 Å². The Morgan fingerprint density at radius 2 is 1.48 bits per heavy atom. The van der Waals surface area contributed by atoms with Crippen LogP contribution < -0.4 is 4.72 Å². The maximum atomic E-state index is 13.1. The number of hydrogen-bond acceptors (Lipinski definition) is 3. The van der Waals surface area contributed by atoms with E-state index in [4.69, 9.17) is 0 Å². The number of sulfonamides is 1. The van der Waals surface area contributed by atoms with Crippen LogP contribution in [-0.2, 0) is 16.4 Å². The Labute approximate surface area is 159 Å². The standard InChI is InChI=1S/C22H21NO3S/c1-3-17-10-9-14-19(16(17)2)22(24)20-13-7-8-15-21(20)23-27(25,26)18-11-5-4-6-12-18/h4-15,23H,3H2,1-2H3. The summed E-state index contributed by atoms with van der Waals surface area (Å²) in [6.45, 7) is 3.96. The Balaban J connectivity index is 2.01. The molecule has 5 heteroatoms. The van der Waals surface area contributed by atoms with E-state index in [0.29, 0.717) is 11.1 Å². The molecule has 3 aromatic carbocycles. The van der Waals surface area contributed by atoms with Crippen molar-refractivity contribution in [3.63, 3.8) is 0 Å². The molecule has 0 spiro atoms. The van der Waals surface area contributed by atoms with Gasteiger partial charge in [-0.15, -0.1) is 0 Å². The molecule has 0 aliphatic rings. The van der Waals surface area contributed by atoms with Crippen LogP contribution in [0.15, 0.2) is 77.7 Å². The first kappa shape index (κ1) is 18.9. The van der Waals surface area contributed by atoms with Gasteiger partial charge < -0.3 is 0 Å². The molecule has 0 saturated carbocycles. The number of carbonyl (C=O) groups excluding carboxylic acids is 1. The molecule has 138 valence electrons. The topological polar surface area (TPSA) is 63.2 Å². The van der Waals surface area contributed by atoms with Gasteiger partial charge in [-0.25, -0.2) is 8.42 Å². The fourth-order valence-corrected chi connectivity index (χ4v) is 4.13. The summed E-state index contributed by atoms with van der Waals surface area (Å²) in [5.41, 5.74) is 3.20. The predicted octanol–water partition coefficient (Wildman–Crippen LogP) is 4.59. The first-order valence-corrected chi connectivity index (χ1v) is 10.2. The molecule has 0 heterocycles. The zero-order valence-electron chi connectivity index (χ0n) is 15.3. The minimum atomic E-state index is -3.78. The molecular formula is C22H21NO3S. The molecule has 0 atom stereocenters. The second-order valence-electron chi connectivity index (χ2n) is 6.24. The van der Waals surface area contributed by atoms with E-state index in [1.54, 1.807) is 48.5 Å². The normalized spacial score (nSPS) is 11.2. The van der Waals surface area contributed by atoms with Crippen molar-refractivity contribution in [3.8, 4) is 0 Å². The molecule has 0 radical (unpaired) electrons. The van der Waals surface area contributed by atoms with Crippen LogP contribution in [0.2, 0.25) is 0 Å². The second-order valence-corrected chi connectivity index (χ2v) is 7.92. The fraction of sp³-hybridized carbons (Fsp3) is 0.136. The number of anilines is 1. The van der Waals surface area contributed by atoms with Crippen molar-refractivity contribution in [2.45, 2.75) is 25.2 Å². The van der Waals surface area contributed by atoms with Gasteiger partial charge in [0, 0.05) is 11.1 Å². The van der Waals surface area contributed by atoms with E-state index in [2.05, 4.69) is 4.72 Å². The highest BCUT2D eigenvalue weighted by Crippen LogP contribution is 2.25. The van der Waals surface area contributed by atoms with Crippen LogP contribution in [0.5, 0.6) is 0 Å². The lowest BCUT2D eigenvalue weighted by atomic mass is 9.94. The highest BCUT2D eigenvalue weighted by Gasteiger charge is 2.20. The second kappa shape index (κ2) is 7.76. The molecule has 0 amide bonds. The van der Waals surface area contributed by atoms with E-state index in [-0.39, 0.29) is 16.4 Å². The van der Waals surface area contributed by atoms with Gasteiger partial charge in [0.15, 0.2) is 5.78 Å². The van der Waals surface area contributed by atoms with Crippen LogP contribution >= 0.6 is 0 Å².